The second kappa shape index (κ2) is 9.81. The molecule has 0 heterocycles. The Hall–Kier alpha value is -0.120. The van der Waals surface area contributed by atoms with Gasteiger partial charge >= 0.3 is 0 Å². The molecule has 0 bridgehead atoms. The van der Waals surface area contributed by atoms with E-state index in [1.807, 2.05) is 0 Å². The number of hydrogen-bond acceptors (Lipinski definition) is 3. The van der Waals surface area contributed by atoms with E-state index in [4.69, 9.17) is 5.11 Å². The maximum Gasteiger partial charge on any atom is 0.0443 e. The van der Waals surface area contributed by atoms with Gasteiger partial charge in [-0.25, -0.2) is 0 Å². The van der Waals surface area contributed by atoms with E-state index in [9.17, 15) is 0 Å². The van der Waals surface area contributed by atoms with Crippen LogP contribution in [0.15, 0.2) is 0 Å². The number of rotatable bonds is 10. The van der Waals surface area contributed by atoms with Crippen molar-refractivity contribution < 1.29 is 5.11 Å². The molecule has 0 saturated heterocycles. The summed E-state index contributed by atoms with van der Waals surface area (Å²) in [5.41, 5.74) is 0.451. The second-order valence-electron chi connectivity index (χ2n) is 7.73. The highest BCUT2D eigenvalue weighted by molar-refractivity contribution is 4.88. The molecule has 0 amide bonds. The van der Waals surface area contributed by atoms with Crippen molar-refractivity contribution in [2.24, 2.45) is 11.3 Å². The molecule has 126 valence electrons. The highest BCUT2D eigenvalue weighted by atomic mass is 16.3. The van der Waals surface area contributed by atoms with E-state index in [0.29, 0.717) is 18.1 Å². The zero-order valence-corrected chi connectivity index (χ0v) is 14.8. The third-order valence-corrected chi connectivity index (χ3v) is 4.84. The fourth-order valence-electron chi connectivity index (χ4n) is 3.54. The molecule has 1 fully saturated rings. The van der Waals surface area contributed by atoms with Crippen LogP contribution >= 0.6 is 0 Å². The smallest absolute Gasteiger partial charge is 0.0443 e. The first-order valence-electron chi connectivity index (χ1n) is 9.05. The highest BCUT2D eigenvalue weighted by Gasteiger charge is 2.34. The molecule has 0 spiro atoms. The molecule has 0 aliphatic heterocycles. The summed E-state index contributed by atoms with van der Waals surface area (Å²) in [5, 5.41) is 12.9. The van der Waals surface area contributed by atoms with Crippen molar-refractivity contribution in [1.29, 1.82) is 0 Å². The first-order valence-corrected chi connectivity index (χ1v) is 9.05. The molecule has 1 aliphatic carbocycles. The average Bonchev–Trinajstić information content (AvgIpc) is 2.44. The monoisotopic (exact) mass is 298 g/mol. The second-order valence-corrected chi connectivity index (χ2v) is 7.73. The number of aliphatic hydroxyl groups excluding tert-OH is 1. The fraction of sp³-hybridized carbons (Fsp3) is 1.00. The summed E-state index contributed by atoms with van der Waals surface area (Å²) in [6.45, 7) is 13.9. The van der Waals surface area contributed by atoms with Gasteiger partial charge in [-0.3, -0.25) is 0 Å². The maximum absolute atomic E-state index is 9.13. The Morgan fingerprint density at radius 2 is 1.76 bits per heavy atom. The standard InChI is InChI=1S/C18H38N2O/c1-16(2)13-19-14-18(9-6-5-7-10-18)15-20(17(3)4)11-8-12-21/h16-17,19,21H,5-15H2,1-4H3. The topological polar surface area (TPSA) is 35.5 Å². The number of hydrogen-bond donors (Lipinski definition) is 2. The summed E-state index contributed by atoms with van der Waals surface area (Å²) in [4.78, 5) is 2.58. The van der Waals surface area contributed by atoms with Gasteiger partial charge in [0.15, 0.2) is 0 Å². The van der Waals surface area contributed by atoms with Crippen molar-refractivity contribution in [1.82, 2.24) is 10.2 Å². The molecule has 2 N–H and O–H groups in total. The van der Waals surface area contributed by atoms with Crippen LogP contribution in [-0.4, -0.2) is 48.8 Å². The van der Waals surface area contributed by atoms with Gasteiger partial charge in [0.1, 0.15) is 0 Å². The van der Waals surface area contributed by atoms with Crippen molar-refractivity contribution in [3.05, 3.63) is 0 Å². The normalized spacial score (nSPS) is 18.9. The summed E-state index contributed by atoms with van der Waals surface area (Å²) in [6.07, 6.45) is 7.80. The molecule has 1 saturated carbocycles. The molecular weight excluding hydrogens is 260 g/mol. The average molecular weight is 299 g/mol. The van der Waals surface area contributed by atoms with Crippen LogP contribution < -0.4 is 5.32 Å². The van der Waals surface area contributed by atoms with Gasteiger partial charge in [-0.1, -0.05) is 33.1 Å². The van der Waals surface area contributed by atoms with Gasteiger partial charge in [0, 0.05) is 32.3 Å². The summed E-state index contributed by atoms with van der Waals surface area (Å²) in [5.74, 6) is 0.723. The molecule has 0 aromatic carbocycles. The lowest BCUT2D eigenvalue weighted by Gasteiger charge is -2.43. The SMILES string of the molecule is CC(C)CNCC1(CN(CCCO)C(C)C)CCCCC1. The van der Waals surface area contributed by atoms with E-state index in [-0.39, 0.29) is 0 Å². The van der Waals surface area contributed by atoms with E-state index in [2.05, 4.69) is 37.9 Å². The fourth-order valence-corrected chi connectivity index (χ4v) is 3.54. The first-order chi connectivity index (χ1) is 9.99. The van der Waals surface area contributed by atoms with E-state index >= 15 is 0 Å². The van der Waals surface area contributed by atoms with Crippen LogP contribution in [0.5, 0.6) is 0 Å². The van der Waals surface area contributed by atoms with Crippen LogP contribution in [0.4, 0.5) is 0 Å². The largest absolute Gasteiger partial charge is 0.396 e. The van der Waals surface area contributed by atoms with Crippen molar-refractivity contribution >= 4 is 0 Å². The van der Waals surface area contributed by atoms with Crippen molar-refractivity contribution in [3.63, 3.8) is 0 Å². The van der Waals surface area contributed by atoms with Crippen molar-refractivity contribution in [3.8, 4) is 0 Å². The Morgan fingerprint density at radius 1 is 1.10 bits per heavy atom. The van der Waals surface area contributed by atoms with E-state index < -0.39 is 0 Å². The van der Waals surface area contributed by atoms with Gasteiger partial charge in [-0.15, -0.1) is 0 Å². The lowest BCUT2D eigenvalue weighted by molar-refractivity contribution is 0.0779. The molecule has 1 rings (SSSR count). The molecule has 0 aromatic heterocycles. The van der Waals surface area contributed by atoms with Gasteiger partial charge in [0.2, 0.25) is 0 Å². The molecule has 1 aliphatic rings. The number of aliphatic hydroxyl groups is 1. The molecule has 0 aromatic rings. The molecule has 0 atom stereocenters. The minimum atomic E-state index is 0.307. The molecule has 0 unspecified atom stereocenters. The number of nitrogens with zero attached hydrogens (tertiary/aromatic N) is 1. The zero-order valence-electron chi connectivity index (χ0n) is 14.8. The third-order valence-electron chi connectivity index (χ3n) is 4.84. The van der Waals surface area contributed by atoms with Crippen LogP contribution in [-0.2, 0) is 0 Å². The van der Waals surface area contributed by atoms with Crippen LogP contribution in [0.2, 0.25) is 0 Å². The molecular formula is C18H38N2O. The maximum atomic E-state index is 9.13. The zero-order chi connectivity index (χ0) is 15.7. The van der Waals surface area contributed by atoms with E-state index in [1.165, 1.54) is 38.6 Å². The lowest BCUT2D eigenvalue weighted by Crippen LogP contribution is -2.48. The predicted molar refractivity (Wildman–Crippen MR) is 91.6 cm³/mol. The highest BCUT2D eigenvalue weighted by Crippen LogP contribution is 2.37. The molecule has 21 heavy (non-hydrogen) atoms. The van der Waals surface area contributed by atoms with Crippen LogP contribution in [0.25, 0.3) is 0 Å². The van der Waals surface area contributed by atoms with Gasteiger partial charge in [0.25, 0.3) is 0 Å². The van der Waals surface area contributed by atoms with Crippen LogP contribution in [0.3, 0.4) is 0 Å². The minimum Gasteiger partial charge on any atom is -0.396 e. The Bertz CT molecular complexity index is 260. The quantitative estimate of drug-likeness (QED) is 0.650. The molecule has 0 radical (unpaired) electrons. The third kappa shape index (κ3) is 7.12. The lowest BCUT2D eigenvalue weighted by atomic mass is 9.73. The van der Waals surface area contributed by atoms with Gasteiger partial charge in [-0.05, 0) is 51.0 Å². The minimum absolute atomic E-state index is 0.307. The Morgan fingerprint density at radius 3 is 2.29 bits per heavy atom. The van der Waals surface area contributed by atoms with E-state index in [0.717, 1.165) is 32.0 Å². The Balaban J connectivity index is 2.61. The predicted octanol–water partition coefficient (Wildman–Crippen LogP) is 3.28. The summed E-state index contributed by atoms with van der Waals surface area (Å²) < 4.78 is 0. The Kier molecular flexibility index (Phi) is 8.84. The molecule has 3 heteroatoms. The number of nitrogens with one attached hydrogen (secondary N) is 1. The van der Waals surface area contributed by atoms with Crippen LogP contribution in [0.1, 0.15) is 66.2 Å². The Labute approximate surface area is 132 Å². The summed E-state index contributed by atoms with van der Waals surface area (Å²) >= 11 is 0. The molecule has 3 nitrogen and oxygen atoms in total. The first kappa shape index (κ1) is 18.9. The summed E-state index contributed by atoms with van der Waals surface area (Å²) in [6, 6.07) is 0.570. The van der Waals surface area contributed by atoms with Gasteiger partial charge in [0.05, 0.1) is 0 Å². The van der Waals surface area contributed by atoms with Crippen molar-refractivity contribution in [2.45, 2.75) is 72.3 Å². The van der Waals surface area contributed by atoms with Crippen molar-refractivity contribution in [2.75, 3.05) is 32.8 Å². The van der Waals surface area contributed by atoms with E-state index in [1.54, 1.807) is 0 Å². The van der Waals surface area contributed by atoms with Crippen LogP contribution in [0, 0.1) is 11.3 Å². The van der Waals surface area contributed by atoms with Gasteiger partial charge < -0.3 is 15.3 Å². The summed E-state index contributed by atoms with van der Waals surface area (Å²) in [7, 11) is 0. The van der Waals surface area contributed by atoms with Gasteiger partial charge in [-0.2, -0.15) is 0 Å².